The van der Waals surface area contributed by atoms with Gasteiger partial charge in [0.1, 0.15) is 22.8 Å². The number of fused-ring (bicyclic) bond motifs is 3. The van der Waals surface area contributed by atoms with E-state index in [2.05, 4.69) is 6.92 Å². The fraction of sp³-hybridized carbons (Fsp3) is 0.500. The number of aryl methyl sites for hydroxylation is 1. The lowest BCUT2D eigenvalue weighted by Gasteiger charge is -2.50. The number of phenols is 1. The van der Waals surface area contributed by atoms with E-state index in [0.29, 0.717) is 12.0 Å². The molecule has 6 N–H and O–H groups in total. The summed E-state index contributed by atoms with van der Waals surface area (Å²) in [6.45, 7) is 2.10. The van der Waals surface area contributed by atoms with Crippen molar-refractivity contribution in [3.05, 3.63) is 51.5 Å². The van der Waals surface area contributed by atoms with Gasteiger partial charge in [0.25, 0.3) is 5.91 Å². The molecule has 188 valence electrons. The highest BCUT2D eigenvalue weighted by Crippen LogP contribution is 2.52. The minimum atomic E-state index is -2.61. The molecule has 0 spiro atoms. The van der Waals surface area contributed by atoms with Gasteiger partial charge in [-0.25, -0.2) is 0 Å². The molecular weight excluding hydrogens is 452 g/mol. The summed E-state index contributed by atoms with van der Waals surface area (Å²) in [5, 5.41) is 44.2. The average Bonchev–Trinajstić information content (AvgIpc) is 2.77. The molecule has 4 unspecified atom stereocenters. The zero-order chi connectivity index (χ0) is 25.8. The minimum Gasteiger partial charge on any atom is -0.510 e. The van der Waals surface area contributed by atoms with E-state index in [0.717, 1.165) is 31.2 Å². The van der Waals surface area contributed by atoms with Crippen molar-refractivity contribution in [3.63, 3.8) is 0 Å². The van der Waals surface area contributed by atoms with Gasteiger partial charge in [-0.05, 0) is 62.9 Å². The zero-order valence-corrected chi connectivity index (χ0v) is 20.2. The van der Waals surface area contributed by atoms with E-state index in [4.69, 9.17) is 5.73 Å². The highest BCUT2D eigenvalue weighted by molar-refractivity contribution is 6.24. The molecule has 9 heteroatoms. The Morgan fingerprint density at radius 1 is 1.17 bits per heavy atom. The molecule has 1 aromatic rings. The van der Waals surface area contributed by atoms with Crippen LogP contribution in [0.1, 0.15) is 54.1 Å². The number of rotatable bonds is 6. The molecule has 0 bridgehead atoms. The predicted molar refractivity (Wildman–Crippen MR) is 127 cm³/mol. The smallest absolute Gasteiger partial charge is 0.255 e. The molecule has 0 saturated carbocycles. The van der Waals surface area contributed by atoms with Gasteiger partial charge in [-0.1, -0.05) is 25.8 Å². The van der Waals surface area contributed by atoms with Crippen LogP contribution in [0.25, 0.3) is 0 Å². The number of aliphatic hydroxyl groups is 3. The second kappa shape index (κ2) is 8.80. The van der Waals surface area contributed by atoms with Gasteiger partial charge in [0.05, 0.1) is 11.6 Å². The number of aromatic hydroxyl groups is 1. The quantitative estimate of drug-likeness (QED) is 0.302. The Balaban J connectivity index is 1.89. The van der Waals surface area contributed by atoms with Crippen LogP contribution < -0.4 is 5.73 Å². The highest BCUT2D eigenvalue weighted by Gasteiger charge is 2.63. The molecule has 0 fully saturated rings. The van der Waals surface area contributed by atoms with Crippen LogP contribution in [0.2, 0.25) is 0 Å². The van der Waals surface area contributed by atoms with Gasteiger partial charge >= 0.3 is 0 Å². The van der Waals surface area contributed by atoms with Gasteiger partial charge in [0, 0.05) is 11.5 Å². The maximum atomic E-state index is 13.6. The number of aliphatic hydroxyl groups excluding tert-OH is 2. The molecule has 3 aliphatic rings. The molecule has 0 saturated heterocycles. The van der Waals surface area contributed by atoms with Crippen molar-refractivity contribution in [2.75, 3.05) is 14.1 Å². The summed E-state index contributed by atoms with van der Waals surface area (Å²) in [6.07, 6.45) is 4.13. The number of benzene rings is 1. The number of nitrogens with two attached hydrogens (primary N) is 1. The zero-order valence-electron chi connectivity index (χ0n) is 20.2. The van der Waals surface area contributed by atoms with Crippen LogP contribution in [0.15, 0.2) is 34.8 Å². The first-order chi connectivity index (χ1) is 16.5. The fourth-order valence-electron chi connectivity index (χ4n) is 6.11. The largest absolute Gasteiger partial charge is 0.510 e. The summed E-state index contributed by atoms with van der Waals surface area (Å²) in [7, 11) is 3.22. The Labute approximate surface area is 203 Å². The Hall–Kier alpha value is -3.17. The van der Waals surface area contributed by atoms with Gasteiger partial charge < -0.3 is 26.2 Å². The maximum absolute atomic E-state index is 13.6. The van der Waals surface area contributed by atoms with Crippen LogP contribution in [0.4, 0.5) is 0 Å². The van der Waals surface area contributed by atoms with E-state index in [1.807, 2.05) is 6.07 Å². The molecule has 1 aromatic carbocycles. The number of hydrogen-bond acceptors (Lipinski definition) is 8. The van der Waals surface area contributed by atoms with Crippen LogP contribution in [0, 0.1) is 11.8 Å². The van der Waals surface area contributed by atoms with Crippen LogP contribution >= 0.6 is 0 Å². The SMILES string of the molecule is CCCCCc1ccc(O)c2c1CC1CC3C(N(C)C)C(O)=C(C(N)=O)C(=O)C3(O)C(O)=C1C2=O. The number of Topliss-reactive ketones (excluding diaryl/α,β-unsaturated/α-hetero) is 2. The van der Waals surface area contributed by atoms with E-state index in [-0.39, 0.29) is 23.3 Å². The normalized spacial score (nSPS) is 28.2. The lowest BCUT2D eigenvalue weighted by atomic mass is 9.58. The Bertz CT molecular complexity index is 1180. The molecule has 0 heterocycles. The minimum absolute atomic E-state index is 0.0692. The molecule has 3 aliphatic carbocycles. The summed E-state index contributed by atoms with van der Waals surface area (Å²) in [4.78, 5) is 40.4. The molecule has 35 heavy (non-hydrogen) atoms. The lowest BCUT2D eigenvalue weighted by Crippen LogP contribution is -2.63. The number of ketones is 2. The molecule has 1 amide bonds. The average molecular weight is 485 g/mol. The van der Waals surface area contributed by atoms with E-state index in [1.165, 1.54) is 6.07 Å². The van der Waals surface area contributed by atoms with Crippen molar-refractivity contribution < 1.29 is 34.8 Å². The van der Waals surface area contributed by atoms with E-state index in [9.17, 15) is 34.8 Å². The number of nitrogens with zero attached hydrogens (tertiary/aromatic N) is 1. The standard InChI is InChI=1S/C26H32N2O7/c1-4-5-6-7-12-8-9-16(29)18-14(12)10-13-11-15-20(28(2)3)22(31)19(25(27)34)24(33)26(15,35)23(32)17(13)21(18)30/h8-9,13,15,20,29,31-32,35H,4-7,10-11H2,1-3H3,(H2,27,34). The molecule has 4 rings (SSSR count). The first-order valence-corrected chi connectivity index (χ1v) is 11.9. The number of carbonyl (C=O) groups is 3. The molecule has 9 nitrogen and oxygen atoms in total. The highest BCUT2D eigenvalue weighted by atomic mass is 16.3. The van der Waals surface area contributed by atoms with Crippen molar-refractivity contribution in [3.8, 4) is 5.75 Å². The van der Waals surface area contributed by atoms with Gasteiger partial charge in [-0.3, -0.25) is 19.3 Å². The topological polar surface area (TPSA) is 161 Å². The third-order valence-electron chi connectivity index (χ3n) is 7.75. The first-order valence-electron chi connectivity index (χ1n) is 11.9. The van der Waals surface area contributed by atoms with Crippen molar-refractivity contribution in [2.24, 2.45) is 17.6 Å². The fourth-order valence-corrected chi connectivity index (χ4v) is 6.11. The number of phenolic OH excluding ortho intramolecular Hbond substituents is 1. The van der Waals surface area contributed by atoms with Crippen LogP contribution in [0.3, 0.4) is 0 Å². The maximum Gasteiger partial charge on any atom is 0.255 e. The Morgan fingerprint density at radius 3 is 2.46 bits per heavy atom. The van der Waals surface area contributed by atoms with Crippen molar-refractivity contribution >= 4 is 17.5 Å². The molecular formula is C26H32N2O7. The Morgan fingerprint density at radius 2 is 1.86 bits per heavy atom. The van der Waals surface area contributed by atoms with Crippen LogP contribution in [-0.2, 0) is 22.4 Å². The number of amides is 1. The lowest BCUT2D eigenvalue weighted by molar-refractivity contribution is -0.148. The van der Waals surface area contributed by atoms with Crippen molar-refractivity contribution in [1.82, 2.24) is 4.90 Å². The van der Waals surface area contributed by atoms with E-state index < -0.39 is 58.0 Å². The summed E-state index contributed by atoms with van der Waals surface area (Å²) < 4.78 is 0. The van der Waals surface area contributed by atoms with Gasteiger partial charge in [-0.15, -0.1) is 0 Å². The molecule has 4 atom stereocenters. The second-order valence-corrected chi connectivity index (χ2v) is 10.0. The molecule has 0 aliphatic heterocycles. The first kappa shape index (κ1) is 24.9. The summed E-state index contributed by atoms with van der Waals surface area (Å²) in [5.41, 5.74) is 3.51. The number of allylic oxidation sites excluding steroid dienone is 1. The van der Waals surface area contributed by atoms with Gasteiger partial charge in [-0.2, -0.15) is 0 Å². The second-order valence-electron chi connectivity index (χ2n) is 10.0. The summed E-state index contributed by atoms with van der Waals surface area (Å²) >= 11 is 0. The molecule has 0 aromatic heterocycles. The third-order valence-corrected chi connectivity index (χ3v) is 7.75. The number of primary amides is 1. The van der Waals surface area contributed by atoms with Crippen LogP contribution in [0.5, 0.6) is 5.75 Å². The number of carbonyl (C=O) groups excluding carboxylic acids is 3. The van der Waals surface area contributed by atoms with Crippen molar-refractivity contribution in [1.29, 1.82) is 0 Å². The monoisotopic (exact) mass is 484 g/mol. The van der Waals surface area contributed by atoms with E-state index in [1.54, 1.807) is 19.0 Å². The summed E-state index contributed by atoms with van der Waals surface area (Å²) in [6, 6.07) is 2.27. The third kappa shape index (κ3) is 3.56. The number of likely N-dealkylation sites (N-methyl/N-ethyl adjacent to an activating group) is 1. The molecule has 0 radical (unpaired) electrons. The number of hydrogen-bond donors (Lipinski definition) is 5. The predicted octanol–water partition coefficient (Wildman–Crippen LogP) is 1.85. The summed E-state index contributed by atoms with van der Waals surface area (Å²) in [5.74, 6) is -6.32. The van der Waals surface area contributed by atoms with Gasteiger partial charge in [0.2, 0.25) is 5.78 Å². The van der Waals surface area contributed by atoms with Gasteiger partial charge in [0.15, 0.2) is 11.4 Å². The van der Waals surface area contributed by atoms with Crippen molar-refractivity contribution in [2.45, 2.75) is 57.1 Å². The van der Waals surface area contributed by atoms with E-state index >= 15 is 0 Å². The Kier molecular flexibility index (Phi) is 6.27. The number of unbranched alkanes of at least 4 members (excludes halogenated alkanes) is 2. The van der Waals surface area contributed by atoms with Crippen LogP contribution in [-0.4, -0.2) is 68.5 Å².